The molecular weight excluding hydrogens is 460 g/mol. The Morgan fingerprint density at radius 2 is 1.66 bits per heavy atom. The van der Waals surface area contributed by atoms with E-state index in [-0.39, 0.29) is 23.1 Å². The highest BCUT2D eigenvalue weighted by Crippen LogP contribution is 2.49. The first-order valence-corrected chi connectivity index (χ1v) is 11.7. The number of carbonyl (C=O) groups excluding carboxylic acids is 2. The smallest absolute Gasteiger partial charge is 0.341 e. The molecule has 0 fully saturated rings. The lowest BCUT2D eigenvalue weighted by molar-refractivity contribution is -0.139. The fourth-order valence-corrected chi connectivity index (χ4v) is 5.13. The van der Waals surface area contributed by atoms with Crippen LogP contribution in [0.1, 0.15) is 23.6 Å². The maximum Gasteiger partial charge on any atom is 0.341 e. The highest BCUT2D eigenvalue weighted by molar-refractivity contribution is 7.80. The van der Waals surface area contributed by atoms with Gasteiger partial charge in [0.1, 0.15) is 17.3 Å². The Balaban J connectivity index is 1.55. The van der Waals surface area contributed by atoms with E-state index in [0.29, 0.717) is 23.4 Å². The number of nitrogens with zero attached hydrogens (tertiary/aromatic N) is 1. The van der Waals surface area contributed by atoms with Gasteiger partial charge in [-0.1, -0.05) is 72.9 Å². The lowest BCUT2D eigenvalue weighted by atomic mass is 9.85. The van der Waals surface area contributed by atoms with E-state index in [9.17, 15) is 9.59 Å². The van der Waals surface area contributed by atoms with E-state index < -0.39 is 11.5 Å². The minimum Gasteiger partial charge on any atom is -0.497 e. The largest absolute Gasteiger partial charge is 0.497 e. The number of anilines is 1. The third-order valence-electron chi connectivity index (χ3n) is 6.53. The average Bonchev–Trinajstić information content (AvgIpc) is 3.28. The van der Waals surface area contributed by atoms with Crippen LogP contribution in [0.15, 0.2) is 90.0 Å². The number of amides is 1. The molecule has 0 aliphatic carbocycles. The Morgan fingerprint density at radius 3 is 2.31 bits per heavy atom. The van der Waals surface area contributed by atoms with Crippen LogP contribution in [-0.2, 0) is 33.0 Å². The van der Waals surface area contributed by atoms with Crippen LogP contribution < -0.4 is 15.0 Å². The summed E-state index contributed by atoms with van der Waals surface area (Å²) in [5.74, 6) is -0.145. The van der Waals surface area contributed by atoms with Gasteiger partial charge in [-0.3, -0.25) is 4.79 Å². The Kier molecular flexibility index (Phi) is 5.86. The molecule has 1 spiro atoms. The molecule has 0 saturated carbocycles. The van der Waals surface area contributed by atoms with Gasteiger partial charge in [0.15, 0.2) is 5.54 Å². The van der Waals surface area contributed by atoms with E-state index in [0.717, 1.165) is 16.8 Å². The average molecular weight is 485 g/mol. The fourth-order valence-electron chi connectivity index (χ4n) is 4.74. The molecule has 0 bridgehead atoms. The number of hydrogen-bond acceptors (Lipinski definition) is 5. The standard InChI is InChI=1S/C28H24N2O4S/c1-18-24(26(31)34-17-20-11-7-4-8-12-20)25(35)29-28(18)22-15-21(33-2)13-14-23(22)30(27(28)32)16-19-9-5-3-6-10-19/h3-15H,16-17H2,1-2H3,(H,29,35). The van der Waals surface area contributed by atoms with Gasteiger partial charge >= 0.3 is 5.97 Å². The van der Waals surface area contributed by atoms with E-state index in [2.05, 4.69) is 5.32 Å². The van der Waals surface area contributed by atoms with E-state index in [4.69, 9.17) is 21.7 Å². The summed E-state index contributed by atoms with van der Waals surface area (Å²) in [4.78, 5) is 29.1. The van der Waals surface area contributed by atoms with Gasteiger partial charge in [-0.2, -0.15) is 0 Å². The van der Waals surface area contributed by atoms with Gasteiger partial charge in [0, 0.05) is 5.56 Å². The van der Waals surface area contributed by atoms with Crippen LogP contribution in [0.3, 0.4) is 0 Å². The summed E-state index contributed by atoms with van der Waals surface area (Å²) >= 11 is 5.57. The zero-order valence-electron chi connectivity index (χ0n) is 19.4. The van der Waals surface area contributed by atoms with Crippen LogP contribution >= 0.6 is 12.2 Å². The number of methoxy groups -OCH3 is 1. The van der Waals surface area contributed by atoms with Crippen LogP contribution in [0.4, 0.5) is 5.69 Å². The summed E-state index contributed by atoms with van der Waals surface area (Å²) in [7, 11) is 1.58. The van der Waals surface area contributed by atoms with Gasteiger partial charge in [0.2, 0.25) is 0 Å². The maximum atomic E-state index is 14.1. The fraction of sp³-hybridized carbons (Fsp3) is 0.179. The first-order chi connectivity index (χ1) is 17.0. The molecule has 0 saturated heterocycles. The number of carbonyl (C=O) groups is 2. The molecule has 0 radical (unpaired) electrons. The summed E-state index contributed by atoms with van der Waals surface area (Å²) in [6.07, 6.45) is 0. The van der Waals surface area contributed by atoms with Crippen molar-refractivity contribution in [2.45, 2.75) is 25.6 Å². The number of nitrogens with one attached hydrogen (secondary N) is 1. The zero-order valence-corrected chi connectivity index (χ0v) is 20.2. The molecule has 3 aromatic rings. The Bertz CT molecular complexity index is 1350. The third kappa shape index (κ3) is 3.78. The molecule has 6 nitrogen and oxygen atoms in total. The minimum atomic E-state index is -1.29. The van der Waals surface area contributed by atoms with Crippen molar-refractivity contribution in [3.63, 3.8) is 0 Å². The van der Waals surface area contributed by atoms with Crippen LogP contribution in [0.25, 0.3) is 0 Å². The molecule has 35 heavy (non-hydrogen) atoms. The number of thiocarbonyl (C=S) groups is 1. The van der Waals surface area contributed by atoms with Crippen LogP contribution in [-0.4, -0.2) is 24.0 Å². The molecule has 5 rings (SSSR count). The van der Waals surface area contributed by atoms with E-state index >= 15 is 0 Å². The van der Waals surface area contributed by atoms with Crippen LogP contribution in [0.2, 0.25) is 0 Å². The SMILES string of the molecule is COc1ccc2c(c1)C1(NC(=S)C(C(=O)OCc3ccccc3)=C1C)C(=O)N2Cc1ccccc1. The molecule has 1 unspecified atom stereocenters. The molecule has 1 atom stereocenters. The molecule has 2 aliphatic rings. The Hall–Kier alpha value is -3.97. The summed E-state index contributed by atoms with van der Waals surface area (Å²) < 4.78 is 11.0. The monoisotopic (exact) mass is 484 g/mol. The van der Waals surface area contributed by atoms with Gasteiger partial charge in [0.05, 0.1) is 24.9 Å². The predicted molar refractivity (Wildman–Crippen MR) is 137 cm³/mol. The number of rotatable bonds is 6. The minimum absolute atomic E-state index is 0.116. The molecule has 2 aliphatic heterocycles. The van der Waals surface area contributed by atoms with Crippen molar-refractivity contribution in [3.05, 3.63) is 107 Å². The summed E-state index contributed by atoms with van der Waals surface area (Å²) in [6, 6.07) is 24.7. The van der Waals surface area contributed by atoms with E-state index in [1.54, 1.807) is 18.9 Å². The Morgan fingerprint density at radius 1 is 1.00 bits per heavy atom. The van der Waals surface area contributed by atoms with E-state index in [1.165, 1.54) is 0 Å². The second-order valence-electron chi connectivity index (χ2n) is 8.53. The molecule has 1 N–H and O–H groups in total. The van der Waals surface area contributed by atoms with Crippen molar-refractivity contribution < 1.29 is 19.1 Å². The van der Waals surface area contributed by atoms with Gasteiger partial charge < -0.3 is 19.7 Å². The van der Waals surface area contributed by atoms with Crippen molar-refractivity contribution in [1.82, 2.24) is 5.32 Å². The second-order valence-corrected chi connectivity index (χ2v) is 8.93. The Labute approximate surface area is 209 Å². The number of esters is 1. The summed E-state index contributed by atoms with van der Waals surface area (Å²) in [6.45, 7) is 2.26. The molecule has 0 aromatic heterocycles. The number of hydrogen-bond donors (Lipinski definition) is 1. The van der Waals surface area contributed by atoms with Crippen molar-refractivity contribution in [2.24, 2.45) is 0 Å². The molecule has 7 heteroatoms. The normalized spacial score (nSPS) is 18.6. The van der Waals surface area contributed by atoms with Gasteiger partial charge in [-0.25, -0.2) is 4.79 Å². The van der Waals surface area contributed by atoms with Crippen molar-refractivity contribution in [2.75, 3.05) is 12.0 Å². The number of fused-ring (bicyclic) bond motifs is 2. The molecule has 176 valence electrons. The molecule has 1 amide bonds. The molecule has 3 aromatic carbocycles. The number of ether oxygens (including phenoxy) is 2. The van der Waals surface area contributed by atoms with Crippen LogP contribution in [0, 0.1) is 0 Å². The lowest BCUT2D eigenvalue weighted by Gasteiger charge is -2.26. The lowest BCUT2D eigenvalue weighted by Crippen LogP contribution is -2.49. The van der Waals surface area contributed by atoms with E-state index in [1.807, 2.05) is 78.9 Å². The first kappa shape index (κ1) is 22.8. The van der Waals surface area contributed by atoms with Crippen molar-refractivity contribution >= 4 is 34.8 Å². The number of benzene rings is 3. The van der Waals surface area contributed by atoms with Gasteiger partial charge in [-0.15, -0.1) is 0 Å². The highest BCUT2D eigenvalue weighted by atomic mass is 32.1. The molecular formula is C28H24N2O4S. The predicted octanol–water partition coefficient (Wildman–Crippen LogP) is 4.43. The quantitative estimate of drug-likeness (QED) is 0.413. The van der Waals surface area contributed by atoms with Crippen molar-refractivity contribution in [3.8, 4) is 5.75 Å². The van der Waals surface area contributed by atoms with Crippen LogP contribution in [0.5, 0.6) is 5.75 Å². The topological polar surface area (TPSA) is 67.9 Å². The van der Waals surface area contributed by atoms with Crippen molar-refractivity contribution in [1.29, 1.82) is 0 Å². The van der Waals surface area contributed by atoms with Gasteiger partial charge in [-0.05, 0) is 41.8 Å². The summed E-state index contributed by atoms with van der Waals surface area (Å²) in [5.41, 5.74) is 2.75. The maximum absolute atomic E-state index is 14.1. The zero-order chi connectivity index (χ0) is 24.6. The third-order valence-corrected chi connectivity index (χ3v) is 6.84. The summed E-state index contributed by atoms with van der Waals surface area (Å²) in [5, 5.41) is 3.19. The highest BCUT2D eigenvalue weighted by Gasteiger charge is 2.58. The first-order valence-electron chi connectivity index (χ1n) is 11.2. The molecule has 2 heterocycles. The van der Waals surface area contributed by atoms with Gasteiger partial charge in [0.25, 0.3) is 5.91 Å². The second kappa shape index (κ2) is 9.00.